The molecule has 1 aliphatic heterocycles. The van der Waals surface area contributed by atoms with Crippen molar-refractivity contribution in [3.8, 4) is 0 Å². The molecular weight excluding hydrogens is 286 g/mol. The van der Waals surface area contributed by atoms with Crippen LogP contribution >= 0.6 is 0 Å². The lowest BCUT2D eigenvalue weighted by Gasteiger charge is -2.33. The van der Waals surface area contributed by atoms with Crippen molar-refractivity contribution in [1.82, 2.24) is 36.1 Å². The molecule has 0 spiro atoms. The molecule has 1 aliphatic carbocycles. The number of primary amides is 1. The third-order valence-corrected chi connectivity index (χ3v) is 4.48. The number of hydrogen-bond acceptors (Lipinski definition) is 8. The van der Waals surface area contributed by atoms with E-state index in [0.29, 0.717) is 11.7 Å². The highest BCUT2D eigenvalue weighted by molar-refractivity contribution is 5.80. The van der Waals surface area contributed by atoms with E-state index in [1.807, 2.05) is 12.1 Å². The highest BCUT2D eigenvalue weighted by Crippen LogP contribution is 2.31. The van der Waals surface area contributed by atoms with Crippen molar-refractivity contribution in [1.29, 1.82) is 0 Å². The maximum atomic E-state index is 11.5. The molecule has 4 unspecified atom stereocenters. The standard InChI is InChI=1S/C12H17N9O/c13-12(22)11-7-5-6(1-2-8(7)15-17-11)14-9-3-4-10-16-19-20-21(10)18-9/h3-4,6-8,11,15,17H,1-2,5H2,(H2,13,22)(H,14,18). The Hall–Kier alpha value is -2.33. The van der Waals surface area contributed by atoms with Gasteiger partial charge in [-0.3, -0.25) is 10.2 Å². The van der Waals surface area contributed by atoms with Gasteiger partial charge in [0.25, 0.3) is 0 Å². The number of carbonyl (C=O) groups excluding carboxylic acids is 1. The molecule has 10 heteroatoms. The first-order chi connectivity index (χ1) is 10.7. The highest BCUT2D eigenvalue weighted by atomic mass is 16.1. The third-order valence-electron chi connectivity index (χ3n) is 4.48. The van der Waals surface area contributed by atoms with Crippen LogP contribution in [0.5, 0.6) is 0 Å². The molecule has 0 aromatic carbocycles. The summed E-state index contributed by atoms with van der Waals surface area (Å²) in [5, 5.41) is 18.9. The Bertz CT molecular complexity index is 701. The molecule has 4 atom stereocenters. The number of fused-ring (bicyclic) bond motifs is 2. The van der Waals surface area contributed by atoms with Crippen molar-refractivity contribution < 1.29 is 4.79 Å². The summed E-state index contributed by atoms with van der Waals surface area (Å²) in [6.07, 6.45) is 2.83. The number of amides is 1. The quantitative estimate of drug-likeness (QED) is 0.534. The van der Waals surface area contributed by atoms with Crippen molar-refractivity contribution in [3.05, 3.63) is 12.1 Å². The summed E-state index contributed by atoms with van der Waals surface area (Å²) < 4.78 is 1.39. The highest BCUT2D eigenvalue weighted by Gasteiger charge is 2.42. The Kier molecular flexibility index (Phi) is 3.12. The Morgan fingerprint density at radius 3 is 3.14 bits per heavy atom. The number of rotatable bonds is 3. The number of hydrazine groups is 1. The Morgan fingerprint density at radius 2 is 2.27 bits per heavy atom. The van der Waals surface area contributed by atoms with Crippen molar-refractivity contribution in [2.45, 2.75) is 37.4 Å². The van der Waals surface area contributed by atoms with Crippen LogP contribution < -0.4 is 21.9 Å². The first kappa shape index (κ1) is 13.3. The number of aromatic nitrogens is 5. The molecule has 0 radical (unpaired) electrons. The summed E-state index contributed by atoms with van der Waals surface area (Å²) in [5.74, 6) is 0.604. The molecule has 4 rings (SSSR count). The normalized spacial score (nSPS) is 31.1. The van der Waals surface area contributed by atoms with Gasteiger partial charge < -0.3 is 11.1 Å². The second kappa shape index (κ2) is 5.14. The fourth-order valence-corrected chi connectivity index (χ4v) is 3.41. The zero-order chi connectivity index (χ0) is 15.1. The maximum Gasteiger partial charge on any atom is 0.236 e. The van der Waals surface area contributed by atoms with Crippen LogP contribution in [-0.4, -0.2) is 49.3 Å². The molecule has 116 valence electrons. The van der Waals surface area contributed by atoms with E-state index < -0.39 is 0 Å². The molecule has 2 aromatic heterocycles. The first-order valence-corrected chi connectivity index (χ1v) is 7.33. The average Bonchev–Trinajstić information content (AvgIpc) is 3.12. The zero-order valence-corrected chi connectivity index (χ0v) is 11.8. The van der Waals surface area contributed by atoms with Gasteiger partial charge in [-0.2, -0.15) is 0 Å². The van der Waals surface area contributed by atoms with Crippen LogP contribution in [0.25, 0.3) is 5.65 Å². The number of tetrazole rings is 1. The molecule has 2 aliphatic rings. The van der Waals surface area contributed by atoms with Gasteiger partial charge in [0.1, 0.15) is 11.9 Å². The smallest absolute Gasteiger partial charge is 0.236 e. The predicted octanol–water partition coefficient (Wildman–Crippen LogP) is -1.57. The van der Waals surface area contributed by atoms with Gasteiger partial charge in [-0.25, -0.2) is 5.43 Å². The summed E-state index contributed by atoms with van der Waals surface area (Å²) in [6, 6.07) is 3.89. The number of hydrogen-bond donors (Lipinski definition) is 4. The van der Waals surface area contributed by atoms with E-state index in [9.17, 15) is 4.79 Å². The molecule has 22 heavy (non-hydrogen) atoms. The lowest BCUT2D eigenvalue weighted by Crippen LogP contribution is -2.44. The van der Waals surface area contributed by atoms with Crippen LogP contribution in [0.3, 0.4) is 0 Å². The summed E-state index contributed by atoms with van der Waals surface area (Å²) in [4.78, 5) is 11.5. The summed E-state index contributed by atoms with van der Waals surface area (Å²) >= 11 is 0. The Labute approximate surface area is 125 Å². The molecule has 10 nitrogen and oxygen atoms in total. The maximum absolute atomic E-state index is 11.5. The van der Waals surface area contributed by atoms with Gasteiger partial charge in [-0.05, 0) is 41.8 Å². The van der Waals surface area contributed by atoms with Crippen LogP contribution in [0.4, 0.5) is 5.82 Å². The SMILES string of the molecule is NC(=O)C1NNC2CCC(Nc3ccc4nnnn4n3)CC21. The zero-order valence-electron chi connectivity index (χ0n) is 11.8. The van der Waals surface area contributed by atoms with Gasteiger partial charge in [0, 0.05) is 18.0 Å². The van der Waals surface area contributed by atoms with Crippen molar-refractivity contribution >= 4 is 17.4 Å². The Morgan fingerprint density at radius 1 is 1.36 bits per heavy atom. The molecule has 5 N–H and O–H groups in total. The van der Waals surface area contributed by atoms with E-state index in [1.165, 1.54) is 4.63 Å². The number of anilines is 1. The second-order valence-electron chi connectivity index (χ2n) is 5.84. The molecule has 1 saturated carbocycles. The second-order valence-corrected chi connectivity index (χ2v) is 5.84. The molecular formula is C12H17N9O. The minimum absolute atomic E-state index is 0.195. The van der Waals surface area contributed by atoms with Crippen molar-refractivity contribution in [2.24, 2.45) is 11.7 Å². The van der Waals surface area contributed by atoms with E-state index >= 15 is 0 Å². The molecule has 2 aromatic rings. The summed E-state index contributed by atoms with van der Waals surface area (Å²) in [5.41, 5.74) is 12.2. The van der Waals surface area contributed by atoms with Crippen LogP contribution in [0, 0.1) is 5.92 Å². The fourth-order valence-electron chi connectivity index (χ4n) is 3.41. The fraction of sp³-hybridized carbons (Fsp3) is 0.583. The van der Waals surface area contributed by atoms with Crippen molar-refractivity contribution in [2.75, 3.05) is 5.32 Å². The van der Waals surface area contributed by atoms with E-state index in [-0.39, 0.29) is 23.9 Å². The van der Waals surface area contributed by atoms with Gasteiger partial charge >= 0.3 is 0 Å². The van der Waals surface area contributed by atoms with Crippen LogP contribution in [0.1, 0.15) is 19.3 Å². The van der Waals surface area contributed by atoms with Crippen LogP contribution in [-0.2, 0) is 4.79 Å². The lowest BCUT2D eigenvalue weighted by atomic mass is 9.79. The van der Waals surface area contributed by atoms with Gasteiger partial charge in [0.2, 0.25) is 5.91 Å². The van der Waals surface area contributed by atoms with Gasteiger partial charge in [0.15, 0.2) is 5.65 Å². The van der Waals surface area contributed by atoms with E-state index in [1.54, 1.807) is 0 Å². The van der Waals surface area contributed by atoms with Crippen molar-refractivity contribution in [3.63, 3.8) is 0 Å². The minimum Gasteiger partial charge on any atom is -0.368 e. The first-order valence-electron chi connectivity index (χ1n) is 7.33. The molecule has 3 heterocycles. The van der Waals surface area contributed by atoms with Gasteiger partial charge in [-0.1, -0.05) is 0 Å². The van der Waals surface area contributed by atoms with Gasteiger partial charge in [-0.15, -0.1) is 14.8 Å². The van der Waals surface area contributed by atoms with Gasteiger partial charge in [0.05, 0.1) is 0 Å². The Balaban J connectivity index is 1.48. The molecule has 0 bridgehead atoms. The molecule has 1 amide bonds. The number of nitrogens with zero attached hydrogens (tertiary/aromatic N) is 5. The minimum atomic E-state index is -0.315. The third kappa shape index (κ3) is 2.25. The van der Waals surface area contributed by atoms with Crippen LogP contribution in [0.2, 0.25) is 0 Å². The topological polar surface area (TPSA) is 135 Å². The van der Waals surface area contributed by atoms with Crippen LogP contribution in [0.15, 0.2) is 12.1 Å². The number of carbonyl (C=O) groups is 1. The van der Waals surface area contributed by atoms with E-state index in [2.05, 4.69) is 36.8 Å². The van der Waals surface area contributed by atoms with E-state index in [4.69, 9.17) is 5.73 Å². The monoisotopic (exact) mass is 303 g/mol. The largest absolute Gasteiger partial charge is 0.368 e. The predicted molar refractivity (Wildman–Crippen MR) is 76.4 cm³/mol. The average molecular weight is 303 g/mol. The lowest BCUT2D eigenvalue weighted by molar-refractivity contribution is -0.120. The number of nitrogens with two attached hydrogens (primary N) is 1. The molecule has 2 fully saturated rings. The van der Waals surface area contributed by atoms with E-state index in [0.717, 1.165) is 25.1 Å². The summed E-state index contributed by atoms with van der Waals surface area (Å²) in [6.45, 7) is 0. The molecule has 1 saturated heterocycles. The number of nitrogens with one attached hydrogen (secondary N) is 3. The summed E-state index contributed by atoms with van der Waals surface area (Å²) in [7, 11) is 0.